The Balaban J connectivity index is 4.17. The standard InChI is InChI=1S/C60H96NO8P/c1-6-8-10-12-14-15-16-17-18-19-20-21-22-23-24-25-26-27-28-29-30-31-32-33-34-35-36-37-38-39-40-41-42-43-44-45-47-49-51-53-60(63)69-58(57-68-70(64,65)67-55-54-61(3,4)5)56-66-59(62)52-50-48-46-13-11-9-7-2/h8,10,14-15,17-18,20-21,23-24,26-27,29-30,32-33,35-36,38-39,41-42,44-45,58H,6-7,9,11-13,16,19,22,25,28,31,34,37,40,43,46-57H2,1-5H3/p+1/b10-8-,15-14-,18-17-,21-20-,24-23-,27-26-,30-29-,33-32-,36-35-,39-38-,42-41-,45-44-. The monoisotopic (exact) mass is 991 g/mol. The van der Waals surface area contributed by atoms with E-state index in [1.165, 1.54) is 19.3 Å². The van der Waals surface area contributed by atoms with Crippen LogP contribution < -0.4 is 0 Å². The van der Waals surface area contributed by atoms with Crippen LogP contribution in [0.1, 0.15) is 168 Å². The van der Waals surface area contributed by atoms with Gasteiger partial charge in [0.2, 0.25) is 0 Å². The second-order valence-electron chi connectivity index (χ2n) is 18.2. The zero-order valence-electron chi connectivity index (χ0n) is 44.4. The van der Waals surface area contributed by atoms with Crippen LogP contribution in [-0.2, 0) is 32.7 Å². The Morgan fingerprint density at radius 1 is 0.457 bits per heavy atom. The van der Waals surface area contributed by atoms with Crippen molar-refractivity contribution >= 4 is 19.8 Å². The Labute approximate surface area is 427 Å². The van der Waals surface area contributed by atoms with E-state index in [-0.39, 0.29) is 26.1 Å². The molecular formula is C60H97NO8P+. The van der Waals surface area contributed by atoms with Crippen LogP contribution in [0.4, 0.5) is 0 Å². The van der Waals surface area contributed by atoms with Gasteiger partial charge in [-0.3, -0.25) is 18.6 Å². The first kappa shape index (κ1) is 65.9. The molecule has 2 unspecified atom stereocenters. The minimum absolute atomic E-state index is 0.0159. The molecule has 2 atom stereocenters. The smallest absolute Gasteiger partial charge is 0.462 e. The van der Waals surface area contributed by atoms with Crippen LogP contribution >= 0.6 is 7.82 Å². The van der Waals surface area contributed by atoms with Gasteiger partial charge in [-0.2, -0.15) is 0 Å². The first-order chi connectivity index (χ1) is 34.0. The number of unbranched alkanes of at least 4 members (excludes halogenated alkanes) is 8. The fourth-order valence-corrected chi connectivity index (χ4v) is 7.03. The Kier molecular flexibility index (Phi) is 46.9. The number of allylic oxidation sites excluding steroid dienone is 24. The molecule has 0 saturated carbocycles. The third-order valence-corrected chi connectivity index (χ3v) is 11.4. The second kappa shape index (κ2) is 49.9. The molecule has 0 fully saturated rings. The van der Waals surface area contributed by atoms with E-state index in [0.717, 1.165) is 116 Å². The van der Waals surface area contributed by atoms with Gasteiger partial charge in [0.05, 0.1) is 27.7 Å². The van der Waals surface area contributed by atoms with Gasteiger partial charge in [-0.1, -0.05) is 198 Å². The summed E-state index contributed by atoms with van der Waals surface area (Å²) in [7, 11) is 1.42. The van der Waals surface area contributed by atoms with E-state index in [9.17, 15) is 19.0 Å². The van der Waals surface area contributed by atoms with E-state index in [0.29, 0.717) is 17.4 Å². The van der Waals surface area contributed by atoms with E-state index < -0.39 is 32.5 Å². The topological polar surface area (TPSA) is 108 Å². The lowest BCUT2D eigenvalue weighted by Gasteiger charge is -2.24. The maximum atomic E-state index is 12.7. The van der Waals surface area contributed by atoms with Crippen molar-refractivity contribution in [2.75, 3.05) is 47.5 Å². The van der Waals surface area contributed by atoms with Crippen LogP contribution in [0.25, 0.3) is 0 Å². The van der Waals surface area contributed by atoms with Crippen LogP contribution in [0.2, 0.25) is 0 Å². The van der Waals surface area contributed by atoms with E-state index in [1.807, 2.05) is 21.1 Å². The average molecular weight is 991 g/mol. The number of quaternary nitrogens is 1. The third-order valence-electron chi connectivity index (χ3n) is 10.4. The fourth-order valence-electron chi connectivity index (χ4n) is 6.29. The molecule has 0 radical (unpaired) electrons. The maximum absolute atomic E-state index is 12.7. The summed E-state index contributed by atoms with van der Waals surface area (Å²) in [6.07, 6.45) is 73.8. The van der Waals surface area contributed by atoms with Crippen molar-refractivity contribution in [3.05, 3.63) is 146 Å². The molecule has 1 N–H and O–H groups in total. The minimum Gasteiger partial charge on any atom is -0.462 e. The van der Waals surface area contributed by atoms with Crippen molar-refractivity contribution in [3.8, 4) is 0 Å². The maximum Gasteiger partial charge on any atom is 0.472 e. The molecule has 0 amide bonds. The van der Waals surface area contributed by atoms with Gasteiger partial charge in [-0.05, 0) is 103 Å². The number of nitrogens with zero attached hydrogens (tertiary/aromatic N) is 1. The first-order valence-electron chi connectivity index (χ1n) is 26.6. The lowest BCUT2D eigenvalue weighted by Crippen LogP contribution is -2.37. The van der Waals surface area contributed by atoms with Gasteiger partial charge in [-0.15, -0.1) is 0 Å². The molecule has 0 bridgehead atoms. The van der Waals surface area contributed by atoms with Crippen molar-refractivity contribution in [1.29, 1.82) is 0 Å². The summed E-state index contributed by atoms with van der Waals surface area (Å²) in [4.78, 5) is 35.2. The van der Waals surface area contributed by atoms with Gasteiger partial charge < -0.3 is 18.9 Å². The molecule has 0 aliphatic heterocycles. The van der Waals surface area contributed by atoms with Gasteiger partial charge in [0.15, 0.2) is 6.10 Å². The number of carbonyl (C=O) groups excluding carboxylic acids is 2. The largest absolute Gasteiger partial charge is 0.472 e. The molecule has 0 saturated heterocycles. The number of phosphoric ester groups is 1. The highest BCUT2D eigenvalue weighted by atomic mass is 31.2. The van der Waals surface area contributed by atoms with E-state index in [1.54, 1.807) is 0 Å². The van der Waals surface area contributed by atoms with Gasteiger partial charge in [-0.25, -0.2) is 4.57 Å². The molecule has 0 aliphatic rings. The molecule has 9 nitrogen and oxygen atoms in total. The molecular weight excluding hydrogens is 894 g/mol. The zero-order chi connectivity index (χ0) is 51.3. The highest BCUT2D eigenvalue weighted by Crippen LogP contribution is 2.43. The van der Waals surface area contributed by atoms with Crippen molar-refractivity contribution in [1.82, 2.24) is 0 Å². The quantitative estimate of drug-likeness (QED) is 0.0211. The van der Waals surface area contributed by atoms with E-state index in [2.05, 4.69) is 160 Å². The lowest BCUT2D eigenvalue weighted by atomic mass is 10.1. The highest BCUT2D eigenvalue weighted by molar-refractivity contribution is 7.47. The van der Waals surface area contributed by atoms with Crippen molar-refractivity contribution in [2.45, 2.75) is 174 Å². The summed E-state index contributed by atoms with van der Waals surface area (Å²) in [6, 6.07) is 0. The molecule has 0 rings (SSSR count). The molecule has 0 aliphatic carbocycles. The number of likely N-dealkylation sites (N-methyl/N-ethyl adjacent to an activating group) is 1. The minimum atomic E-state index is -4.39. The second-order valence-corrected chi connectivity index (χ2v) is 19.6. The van der Waals surface area contributed by atoms with Crippen molar-refractivity contribution < 1.29 is 42.1 Å². The van der Waals surface area contributed by atoms with Crippen LogP contribution in [0.15, 0.2) is 146 Å². The van der Waals surface area contributed by atoms with Gasteiger partial charge in [0.25, 0.3) is 0 Å². The molecule has 0 aromatic heterocycles. The van der Waals surface area contributed by atoms with Crippen molar-refractivity contribution in [2.24, 2.45) is 0 Å². The molecule has 0 aromatic carbocycles. The van der Waals surface area contributed by atoms with Gasteiger partial charge in [0.1, 0.15) is 19.8 Å². The number of hydrogen-bond acceptors (Lipinski definition) is 7. The number of carbonyl (C=O) groups is 2. The van der Waals surface area contributed by atoms with Crippen LogP contribution in [-0.4, -0.2) is 74.9 Å². The normalized spacial score (nSPS) is 14.5. The molecule has 0 spiro atoms. The Morgan fingerprint density at radius 2 is 0.814 bits per heavy atom. The predicted molar refractivity (Wildman–Crippen MR) is 297 cm³/mol. The molecule has 70 heavy (non-hydrogen) atoms. The molecule has 394 valence electrons. The Hall–Kier alpha value is -4.11. The summed E-state index contributed by atoms with van der Waals surface area (Å²) in [5, 5.41) is 0. The summed E-state index contributed by atoms with van der Waals surface area (Å²) < 4.78 is 34.2. The number of phosphoric acid groups is 1. The average Bonchev–Trinajstić information content (AvgIpc) is 3.32. The van der Waals surface area contributed by atoms with Gasteiger partial charge in [0, 0.05) is 12.8 Å². The summed E-state index contributed by atoms with van der Waals surface area (Å²) in [6.45, 7) is 4.17. The predicted octanol–water partition coefficient (Wildman–Crippen LogP) is 16.4. The fraction of sp³-hybridized carbons (Fsp3) is 0.567. The first-order valence-corrected chi connectivity index (χ1v) is 28.1. The third kappa shape index (κ3) is 53.2. The van der Waals surface area contributed by atoms with Crippen LogP contribution in [0.5, 0.6) is 0 Å². The number of hydrogen-bond donors (Lipinski definition) is 1. The molecule has 10 heteroatoms. The van der Waals surface area contributed by atoms with Crippen LogP contribution in [0, 0.1) is 0 Å². The van der Waals surface area contributed by atoms with E-state index >= 15 is 0 Å². The summed E-state index contributed by atoms with van der Waals surface area (Å²) in [5.41, 5.74) is 0. The Bertz CT molecular complexity index is 1690. The number of esters is 2. The summed E-state index contributed by atoms with van der Waals surface area (Å²) in [5.74, 6) is -0.870. The number of ether oxygens (including phenoxy) is 2. The highest BCUT2D eigenvalue weighted by Gasteiger charge is 2.27. The zero-order valence-corrected chi connectivity index (χ0v) is 45.3. The summed E-state index contributed by atoms with van der Waals surface area (Å²) >= 11 is 0. The van der Waals surface area contributed by atoms with Gasteiger partial charge >= 0.3 is 19.8 Å². The lowest BCUT2D eigenvalue weighted by molar-refractivity contribution is -0.870. The number of rotatable bonds is 46. The van der Waals surface area contributed by atoms with Crippen molar-refractivity contribution in [3.63, 3.8) is 0 Å². The SMILES string of the molecule is CC/C=C\C/C=C\C/C=C\C/C=C\C/C=C\C/C=C\C/C=C\C/C=C\C/C=C\C/C=C\C/C=C\C/C=C\CCCCC(=O)OC(COC(=O)CCCCCCCCC)COP(=O)(O)OCC[N+](C)(C)C. The van der Waals surface area contributed by atoms with E-state index in [4.69, 9.17) is 18.5 Å². The molecule has 0 heterocycles. The Morgan fingerprint density at radius 3 is 1.21 bits per heavy atom. The molecule has 0 aromatic rings. The van der Waals surface area contributed by atoms with Crippen LogP contribution in [0.3, 0.4) is 0 Å².